The average molecular weight is 213 g/mol. The third-order valence-corrected chi connectivity index (χ3v) is 3.22. The smallest absolute Gasteiger partial charge is 0.220 e. The van der Waals surface area contributed by atoms with E-state index in [9.17, 15) is 4.79 Å². The number of hydrogen-bond donors (Lipinski definition) is 1. The summed E-state index contributed by atoms with van der Waals surface area (Å²) in [5, 5.41) is 2.99. The molecule has 1 N–H and O–H groups in total. The lowest BCUT2D eigenvalue weighted by Crippen LogP contribution is -2.32. The van der Waals surface area contributed by atoms with Crippen molar-refractivity contribution in [2.75, 3.05) is 6.54 Å². The van der Waals surface area contributed by atoms with Crippen LogP contribution in [-0.4, -0.2) is 12.5 Å². The zero-order valence-corrected chi connectivity index (χ0v) is 11.2. The first-order valence-electron chi connectivity index (χ1n) is 6.02. The summed E-state index contributed by atoms with van der Waals surface area (Å²) < 4.78 is 0. The maximum absolute atomic E-state index is 11.6. The van der Waals surface area contributed by atoms with Crippen LogP contribution in [0.2, 0.25) is 0 Å². The van der Waals surface area contributed by atoms with Gasteiger partial charge >= 0.3 is 0 Å². The van der Waals surface area contributed by atoms with E-state index in [2.05, 4.69) is 46.9 Å². The zero-order valence-electron chi connectivity index (χ0n) is 11.2. The van der Waals surface area contributed by atoms with Crippen molar-refractivity contribution in [1.82, 2.24) is 5.32 Å². The Bertz CT molecular complexity index is 195. The lowest BCUT2D eigenvalue weighted by molar-refractivity contribution is -0.123. The summed E-state index contributed by atoms with van der Waals surface area (Å²) in [7, 11) is 0. The lowest BCUT2D eigenvalue weighted by Gasteiger charge is -2.28. The van der Waals surface area contributed by atoms with Gasteiger partial charge in [0.25, 0.3) is 0 Å². The predicted octanol–water partition coefficient (Wildman–Crippen LogP) is 3.22. The van der Waals surface area contributed by atoms with Gasteiger partial charge < -0.3 is 5.32 Å². The summed E-state index contributed by atoms with van der Waals surface area (Å²) in [4.78, 5) is 11.6. The molecule has 0 aliphatic rings. The van der Waals surface area contributed by atoms with Gasteiger partial charge in [-0.15, -0.1) is 0 Å². The van der Waals surface area contributed by atoms with Crippen molar-refractivity contribution >= 4 is 5.91 Å². The topological polar surface area (TPSA) is 29.1 Å². The van der Waals surface area contributed by atoms with Crippen LogP contribution in [-0.2, 0) is 4.79 Å². The Morgan fingerprint density at radius 1 is 1.20 bits per heavy atom. The van der Waals surface area contributed by atoms with E-state index in [0.29, 0.717) is 18.3 Å². The highest BCUT2D eigenvalue weighted by molar-refractivity contribution is 5.76. The Labute approximate surface area is 94.8 Å². The highest BCUT2D eigenvalue weighted by Gasteiger charge is 2.25. The zero-order chi connectivity index (χ0) is 12.1. The molecule has 0 fully saturated rings. The van der Waals surface area contributed by atoms with Gasteiger partial charge in [-0.25, -0.2) is 0 Å². The highest BCUT2D eigenvalue weighted by Crippen LogP contribution is 2.29. The summed E-state index contributed by atoms with van der Waals surface area (Å²) in [6.45, 7) is 13.8. The Morgan fingerprint density at radius 2 is 1.73 bits per heavy atom. The van der Waals surface area contributed by atoms with Gasteiger partial charge in [-0.2, -0.15) is 0 Å². The minimum absolute atomic E-state index is 0.0991. The molecule has 1 amide bonds. The van der Waals surface area contributed by atoms with Crippen molar-refractivity contribution in [1.29, 1.82) is 0 Å². The molecule has 15 heavy (non-hydrogen) atoms. The van der Waals surface area contributed by atoms with Crippen molar-refractivity contribution in [3.63, 3.8) is 0 Å². The molecule has 0 unspecified atom stereocenters. The number of nitrogens with one attached hydrogen (secondary N) is 1. The predicted molar refractivity (Wildman–Crippen MR) is 65.7 cm³/mol. The second kappa shape index (κ2) is 6.14. The maximum atomic E-state index is 11.6. The lowest BCUT2D eigenvalue weighted by atomic mass is 9.78. The van der Waals surface area contributed by atoms with E-state index in [1.165, 1.54) is 0 Å². The Balaban J connectivity index is 3.84. The van der Waals surface area contributed by atoms with Crippen molar-refractivity contribution < 1.29 is 4.79 Å². The van der Waals surface area contributed by atoms with Crippen LogP contribution in [0.15, 0.2) is 0 Å². The van der Waals surface area contributed by atoms with Crippen LogP contribution in [0.3, 0.4) is 0 Å². The summed E-state index contributed by atoms with van der Waals surface area (Å²) in [6, 6.07) is 0. The normalized spacial score (nSPS) is 12.3. The largest absolute Gasteiger partial charge is 0.356 e. The third kappa shape index (κ3) is 6.53. The second-order valence-electron chi connectivity index (χ2n) is 5.85. The molecular formula is C13H27NO. The van der Waals surface area contributed by atoms with Gasteiger partial charge in [-0.3, -0.25) is 4.79 Å². The Morgan fingerprint density at radius 3 is 2.13 bits per heavy atom. The fourth-order valence-corrected chi connectivity index (χ4v) is 1.18. The molecule has 0 bridgehead atoms. The van der Waals surface area contributed by atoms with E-state index in [1.807, 2.05) is 0 Å². The molecule has 0 aliphatic carbocycles. The molecule has 0 saturated carbocycles. The number of hydrogen-bond acceptors (Lipinski definition) is 1. The SMILES string of the molecule is CC(C)CCNC(=O)CC(C)(C)C(C)C. The molecule has 0 aliphatic heterocycles. The molecule has 0 aromatic rings. The first-order valence-corrected chi connectivity index (χ1v) is 6.02. The van der Waals surface area contributed by atoms with E-state index in [-0.39, 0.29) is 11.3 Å². The van der Waals surface area contributed by atoms with Crippen LogP contribution >= 0.6 is 0 Å². The van der Waals surface area contributed by atoms with Crippen LogP contribution in [0.25, 0.3) is 0 Å². The molecule has 0 heterocycles. The van der Waals surface area contributed by atoms with Crippen LogP contribution in [0, 0.1) is 17.3 Å². The minimum atomic E-state index is 0.0991. The summed E-state index contributed by atoms with van der Waals surface area (Å²) in [5.41, 5.74) is 0.0991. The summed E-state index contributed by atoms with van der Waals surface area (Å²) >= 11 is 0. The number of rotatable bonds is 6. The second-order valence-corrected chi connectivity index (χ2v) is 5.85. The number of amides is 1. The van der Waals surface area contributed by atoms with Crippen LogP contribution < -0.4 is 5.32 Å². The number of carbonyl (C=O) groups is 1. The Hall–Kier alpha value is -0.530. The molecule has 0 atom stereocenters. The van der Waals surface area contributed by atoms with Gasteiger partial charge in [0.2, 0.25) is 5.91 Å². The van der Waals surface area contributed by atoms with Crippen LogP contribution in [0.5, 0.6) is 0 Å². The van der Waals surface area contributed by atoms with Gasteiger partial charge in [-0.1, -0.05) is 41.5 Å². The first-order chi connectivity index (χ1) is 6.75. The third-order valence-electron chi connectivity index (χ3n) is 3.22. The number of carbonyl (C=O) groups excluding carboxylic acids is 1. The van der Waals surface area contributed by atoms with Crippen molar-refractivity contribution in [2.24, 2.45) is 17.3 Å². The molecule has 0 aromatic carbocycles. The van der Waals surface area contributed by atoms with E-state index < -0.39 is 0 Å². The maximum Gasteiger partial charge on any atom is 0.220 e. The molecule has 2 nitrogen and oxygen atoms in total. The van der Waals surface area contributed by atoms with E-state index in [1.54, 1.807) is 0 Å². The molecule has 90 valence electrons. The van der Waals surface area contributed by atoms with Crippen LogP contribution in [0.1, 0.15) is 54.4 Å². The fourth-order valence-electron chi connectivity index (χ4n) is 1.18. The molecule has 0 rings (SSSR count). The van der Waals surface area contributed by atoms with Gasteiger partial charge in [0, 0.05) is 13.0 Å². The fraction of sp³-hybridized carbons (Fsp3) is 0.923. The molecule has 0 radical (unpaired) electrons. The van der Waals surface area contributed by atoms with E-state index in [4.69, 9.17) is 0 Å². The Kier molecular flexibility index (Phi) is 5.92. The van der Waals surface area contributed by atoms with Gasteiger partial charge in [0.1, 0.15) is 0 Å². The average Bonchev–Trinajstić information content (AvgIpc) is 2.01. The highest BCUT2D eigenvalue weighted by atomic mass is 16.1. The minimum Gasteiger partial charge on any atom is -0.356 e. The van der Waals surface area contributed by atoms with Gasteiger partial charge in [0.05, 0.1) is 0 Å². The first kappa shape index (κ1) is 14.5. The van der Waals surface area contributed by atoms with Crippen molar-refractivity contribution in [2.45, 2.75) is 54.4 Å². The summed E-state index contributed by atoms with van der Waals surface area (Å²) in [5.74, 6) is 1.38. The molecule has 0 aromatic heterocycles. The molecular weight excluding hydrogens is 186 g/mol. The quantitative estimate of drug-likeness (QED) is 0.721. The standard InChI is InChI=1S/C13H27NO/c1-10(2)7-8-14-12(15)9-13(5,6)11(3)4/h10-11H,7-9H2,1-6H3,(H,14,15). The molecule has 2 heteroatoms. The molecule has 0 saturated heterocycles. The van der Waals surface area contributed by atoms with E-state index >= 15 is 0 Å². The van der Waals surface area contributed by atoms with E-state index in [0.717, 1.165) is 13.0 Å². The summed E-state index contributed by atoms with van der Waals surface area (Å²) in [6.07, 6.45) is 1.69. The van der Waals surface area contributed by atoms with Gasteiger partial charge in [-0.05, 0) is 23.7 Å². The van der Waals surface area contributed by atoms with Crippen molar-refractivity contribution in [3.05, 3.63) is 0 Å². The van der Waals surface area contributed by atoms with Crippen LogP contribution in [0.4, 0.5) is 0 Å². The molecule has 0 spiro atoms. The monoisotopic (exact) mass is 213 g/mol. The van der Waals surface area contributed by atoms with Gasteiger partial charge in [0.15, 0.2) is 0 Å². The van der Waals surface area contributed by atoms with Crippen molar-refractivity contribution in [3.8, 4) is 0 Å².